The molecule has 0 aliphatic carbocycles. The fourth-order valence-corrected chi connectivity index (χ4v) is 4.56. The number of aryl methyl sites for hydroxylation is 2. The van der Waals surface area contributed by atoms with E-state index in [2.05, 4.69) is 16.0 Å². The van der Waals surface area contributed by atoms with Crippen molar-refractivity contribution in [2.45, 2.75) is 85.6 Å². The van der Waals surface area contributed by atoms with Gasteiger partial charge in [0.2, 0.25) is 5.91 Å². The van der Waals surface area contributed by atoms with Gasteiger partial charge in [-0.15, -0.1) is 0 Å². The van der Waals surface area contributed by atoms with Crippen LogP contribution in [0.1, 0.15) is 63.3 Å². The van der Waals surface area contributed by atoms with Gasteiger partial charge in [-0.2, -0.15) is 0 Å². The van der Waals surface area contributed by atoms with Crippen LogP contribution in [0.3, 0.4) is 0 Å². The number of para-hydroxylation sites is 1. The van der Waals surface area contributed by atoms with E-state index in [0.29, 0.717) is 24.5 Å². The molecule has 3 rings (SSSR count). The van der Waals surface area contributed by atoms with Crippen molar-refractivity contribution in [1.29, 1.82) is 0 Å². The van der Waals surface area contributed by atoms with Crippen LogP contribution in [-0.2, 0) is 27.4 Å². The lowest BCUT2D eigenvalue weighted by Crippen LogP contribution is -2.54. The van der Waals surface area contributed by atoms with Crippen LogP contribution in [0.25, 0.3) is 0 Å². The maximum absolute atomic E-state index is 13.6. The normalized spacial score (nSPS) is 12.7. The molecule has 3 N–H and O–H groups in total. The SMILES string of the molecule is Cc1cccc(C)c1NC(=O)NC(CC(C)C)C(=O)NC(Cc1ccc(OCc2ccccc2)cc1)C(=O)OC(C)(C)C. The third-order valence-electron chi connectivity index (χ3n) is 6.67. The van der Waals surface area contributed by atoms with E-state index in [4.69, 9.17) is 9.47 Å². The number of urea groups is 1. The van der Waals surface area contributed by atoms with Crippen molar-refractivity contribution in [2.75, 3.05) is 5.32 Å². The van der Waals surface area contributed by atoms with E-state index in [9.17, 15) is 14.4 Å². The number of hydrogen-bond acceptors (Lipinski definition) is 5. The minimum atomic E-state index is -0.957. The summed E-state index contributed by atoms with van der Waals surface area (Å²) in [4.78, 5) is 39.8. The molecule has 0 spiro atoms. The number of esters is 1. The fraction of sp³-hybridized carbons (Fsp3) is 0.400. The van der Waals surface area contributed by atoms with Gasteiger partial charge in [0.25, 0.3) is 0 Å². The predicted octanol–water partition coefficient (Wildman–Crippen LogP) is 6.49. The first kappa shape index (κ1) is 33.2. The lowest BCUT2D eigenvalue weighted by molar-refractivity contribution is -0.158. The monoisotopic (exact) mass is 587 g/mol. The largest absolute Gasteiger partial charge is 0.489 e. The molecule has 0 bridgehead atoms. The van der Waals surface area contributed by atoms with E-state index in [1.807, 2.05) is 100 Å². The van der Waals surface area contributed by atoms with Crippen molar-refractivity contribution in [3.63, 3.8) is 0 Å². The van der Waals surface area contributed by atoms with E-state index < -0.39 is 35.6 Å². The first-order chi connectivity index (χ1) is 20.3. The number of anilines is 1. The second kappa shape index (κ2) is 15.2. The number of amides is 3. The van der Waals surface area contributed by atoms with E-state index in [0.717, 1.165) is 22.3 Å². The third kappa shape index (κ3) is 11.1. The number of carbonyl (C=O) groups is 3. The molecule has 8 nitrogen and oxygen atoms in total. The van der Waals surface area contributed by atoms with Gasteiger partial charge < -0.3 is 25.4 Å². The molecule has 43 heavy (non-hydrogen) atoms. The average molecular weight is 588 g/mol. The molecule has 0 heterocycles. The lowest BCUT2D eigenvalue weighted by Gasteiger charge is -2.27. The molecule has 8 heteroatoms. The summed E-state index contributed by atoms with van der Waals surface area (Å²) in [5.41, 5.74) is 3.68. The zero-order valence-corrected chi connectivity index (χ0v) is 26.3. The van der Waals surface area contributed by atoms with Crippen LogP contribution in [0.4, 0.5) is 10.5 Å². The van der Waals surface area contributed by atoms with Crippen LogP contribution in [0.5, 0.6) is 5.75 Å². The molecule has 3 aromatic carbocycles. The third-order valence-corrected chi connectivity index (χ3v) is 6.67. The Kier molecular flexibility index (Phi) is 11.8. The molecule has 0 radical (unpaired) electrons. The Labute approximate surface area is 255 Å². The number of rotatable bonds is 12. The molecule has 3 amide bonds. The molecule has 230 valence electrons. The smallest absolute Gasteiger partial charge is 0.329 e. The van der Waals surface area contributed by atoms with Crippen LogP contribution in [-0.4, -0.2) is 35.6 Å². The Morgan fingerprint density at radius 3 is 1.98 bits per heavy atom. The minimum Gasteiger partial charge on any atom is -0.489 e. The van der Waals surface area contributed by atoms with Crippen molar-refractivity contribution in [1.82, 2.24) is 10.6 Å². The van der Waals surface area contributed by atoms with Crippen LogP contribution in [0, 0.1) is 19.8 Å². The van der Waals surface area contributed by atoms with E-state index in [1.165, 1.54) is 0 Å². The summed E-state index contributed by atoms with van der Waals surface area (Å²) in [6, 6.07) is 20.7. The van der Waals surface area contributed by atoms with Gasteiger partial charge in [-0.3, -0.25) is 4.79 Å². The molecule has 2 atom stereocenters. The average Bonchev–Trinajstić information content (AvgIpc) is 2.93. The van der Waals surface area contributed by atoms with Gasteiger partial charge in [-0.05, 0) is 81.3 Å². The maximum Gasteiger partial charge on any atom is 0.329 e. The van der Waals surface area contributed by atoms with Crippen LogP contribution < -0.4 is 20.7 Å². The number of ether oxygens (including phenoxy) is 2. The standard InChI is InChI=1S/C35H45N3O5/c1-23(2)20-29(37-34(41)38-31-24(3)12-11-13-25(31)4)32(39)36-30(33(40)43-35(5,6)7)21-26-16-18-28(19-17-26)42-22-27-14-9-8-10-15-27/h8-19,23,29-30H,20-22H2,1-7H3,(H,36,39)(H2,37,38,41). The van der Waals surface area contributed by atoms with Crippen molar-refractivity contribution in [3.05, 3.63) is 95.1 Å². The van der Waals surface area contributed by atoms with Crippen molar-refractivity contribution >= 4 is 23.6 Å². The van der Waals surface area contributed by atoms with Gasteiger partial charge in [-0.1, -0.05) is 74.5 Å². The zero-order valence-electron chi connectivity index (χ0n) is 26.3. The lowest BCUT2D eigenvalue weighted by atomic mass is 10.0. The number of hydrogen-bond donors (Lipinski definition) is 3. The molecule has 0 saturated heterocycles. The highest BCUT2D eigenvalue weighted by Gasteiger charge is 2.31. The summed E-state index contributed by atoms with van der Waals surface area (Å²) in [6.07, 6.45) is 0.600. The van der Waals surface area contributed by atoms with Gasteiger partial charge in [0.15, 0.2) is 0 Å². The molecule has 0 aromatic heterocycles. The van der Waals surface area contributed by atoms with E-state index >= 15 is 0 Å². The Morgan fingerprint density at radius 2 is 1.40 bits per heavy atom. The summed E-state index contributed by atoms with van der Waals surface area (Å²) in [5, 5.41) is 8.55. The van der Waals surface area contributed by atoms with Crippen molar-refractivity contribution < 1.29 is 23.9 Å². The minimum absolute atomic E-state index is 0.111. The molecule has 3 aromatic rings. The molecule has 0 saturated carbocycles. The Morgan fingerprint density at radius 1 is 0.767 bits per heavy atom. The summed E-state index contributed by atoms with van der Waals surface area (Å²) >= 11 is 0. The quantitative estimate of drug-likeness (QED) is 0.210. The van der Waals surface area contributed by atoms with Gasteiger partial charge in [0.1, 0.15) is 30.0 Å². The summed E-state index contributed by atoms with van der Waals surface area (Å²) in [7, 11) is 0. The van der Waals surface area contributed by atoms with E-state index in [-0.39, 0.29) is 12.3 Å². The van der Waals surface area contributed by atoms with Gasteiger partial charge in [0.05, 0.1) is 0 Å². The summed E-state index contributed by atoms with van der Waals surface area (Å²) < 4.78 is 11.5. The van der Waals surface area contributed by atoms with Crippen LogP contribution >= 0.6 is 0 Å². The Bertz CT molecular complexity index is 1340. The van der Waals surface area contributed by atoms with Gasteiger partial charge in [-0.25, -0.2) is 9.59 Å². The first-order valence-electron chi connectivity index (χ1n) is 14.7. The number of benzene rings is 3. The van der Waals surface area contributed by atoms with Gasteiger partial charge in [0, 0.05) is 12.1 Å². The van der Waals surface area contributed by atoms with E-state index in [1.54, 1.807) is 20.8 Å². The molecule has 2 unspecified atom stereocenters. The van der Waals surface area contributed by atoms with Gasteiger partial charge >= 0.3 is 12.0 Å². The second-order valence-electron chi connectivity index (χ2n) is 12.3. The number of carbonyl (C=O) groups excluding carboxylic acids is 3. The fourth-order valence-electron chi connectivity index (χ4n) is 4.56. The molecule has 0 aliphatic rings. The molecular weight excluding hydrogens is 542 g/mol. The highest BCUT2D eigenvalue weighted by molar-refractivity contribution is 5.95. The Hall–Kier alpha value is -4.33. The highest BCUT2D eigenvalue weighted by Crippen LogP contribution is 2.20. The Balaban J connectivity index is 1.72. The second-order valence-corrected chi connectivity index (χ2v) is 12.3. The highest BCUT2D eigenvalue weighted by atomic mass is 16.6. The van der Waals surface area contributed by atoms with Crippen LogP contribution in [0.15, 0.2) is 72.8 Å². The summed E-state index contributed by atoms with van der Waals surface area (Å²) in [6.45, 7) is 13.5. The summed E-state index contributed by atoms with van der Waals surface area (Å²) in [5.74, 6) is -0.196. The first-order valence-corrected chi connectivity index (χ1v) is 14.7. The molecule has 0 aliphatic heterocycles. The molecular formula is C35H45N3O5. The van der Waals surface area contributed by atoms with Crippen molar-refractivity contribution in [2.24, 2.45) is 5.92 Å². The van der Waals surface area contributed by atoms with Crippen molar-refractivity contribution in [3.8, 4) is 5.75 Å². The molecule has 0 fully saturated rings. The topological polar surface area (TPSA) is 106 Å². The maximum atomic E-state index is 13.6. The number of nitrogens with one attached hydrogen (secondary N) is 3. The van der Waals surface area contributed by atoms with Crippen LogP contribution in [0.2, 0.25) is 0 Å². The zero-order chi connectivity index (χ0) is 31.6. The predicted molar refractivity (Wildman–Crippen MR) is 170 cm³/mol.